The van der Waals surface area contributed by atoms with Crippen LogP contribution in [0.15, 0.2) is 18.2 Å². The molecule has 0 atom stereocenters. The average molecular weight is 416 g/mol. The Morgan fingerprint density at radius 1 is 0.962 bits per heavy atom. The first-order chi connectivity index (χ1) is 11.9. The van der Waals surface area contributed by atoms with Gasteiger partial charge in [-0.3, -0.25) is 0 Å². The normalized spacial score (nSPS) is 12.8. The van der Waals surface area contributed by atoms with Crippen LogP contribution < -0.4 is 5.73 Å². The molecule has 2 aromatic heterocycles. The van der Waals surface area contributed by atoms with Crippen molar-refractivity contribution >= 4 is 40.1 Å². The summed E-state index contributed by atoms with van der Waals surface area (Å²) in [5.74, 6) is -2.62. The number of benzene rings is 1. The van der Waals surface area contributed by atoms with Gasteiger partial charge in [-0.1, -0.05) is 23.2 Å². The van der Waals surface area contributed by atoms with E-state index >= 15 is 0 Å². The van der Waals surface area contributed by atoms with Crippen molar-refractivity contribution in [3.8, 4) is 5.69 Å². The second kappa shape index (κ2) is 5.88. The second-order valence-electron chi connectivity index (χ2n) is 4.98. The van der Waals surface area contributed by atoms with E-state index in [9.17, 15) is 26.3 Å². The molecule has 0 unspecified atom stereocenters. The molecule has 0 aliphatic heterocycles. The van der Waals surface area contributed by atoms with Crippen LogP contribution in [0.3, 0.4) is 0 Å². The molecule has 0 fully saturated rings. The number of aromatic nitrogens is 4. The SMILES string of the molecule is Nc1c2c(C(F)(F)F)nc(C(F)(F)F)nc2nn1-c1cc(Cl)ccc1Cl. The fourth-order valence-corrected chi connectivity index (χ4v) is 2.54. The van der Waals surface area contributed by atoms with Gasteiger partial charge in [0.25, 0.3) is 0 Å². The molecule has 1 aromatic carbocycles. The fraction of sp³-hybridized carbons (Fsp3) is 0.154. The summed E-state index contributed by atoms with van der Waals surface area (Å²) >= 11 is 11.8. The number of hydrogen-bond donors (Lipinski definition) is 1. The van der Waals surface area contributed by atoms with Gasteiger partial charge < -0.3 is 5.73 Å². The zero-order valence-corrected chi connectivity index (χ0v) is 13.6. The molecule has 3 aromatic rings. The topological polar surface area (TPSA) is 69.6 Å². The van der Waals surface area contributed by atoms with Crippen LogP contribution in [0.5, 0.6) is 0 Å². The summed E-state index contributed by atoms with van der Waals surface area (Å²) in [5.41, 5.74) is 2.92. The van der Waals surface area contributed by atoms with Gasteiger partial charge >= 0.3 is 12.4 Å². The molecular formula is C13H5Cl2F6N5. The third-order valence-corrected chi connectivity index (χ3v) is 3.78. The van der Waals surface area contributed by atoms with Gasteiger partial charge in [-0.05, 0) is 18.2 Å². The molecular weight excluding hydrogens is 411 g/mol. The van der Waals surface area contributed by atoms with Crippen molar-refractivity contribution in [2.45, 2.75) is 12.4 Å². The number of alkyl halides is 6. The average Bonchev–Trinajstić information content (AvgIpc) is 2.84. The lowest BCUT2D eigenvalue weighted by Gasteiger charge is -2.10. The van der Waals surface area contributed by atoms with Crippen LogP contribution in [0.25, 0.3) is 16.7 Å². The summed E-state index contributed by atoms with van der Waals surface area (Å²) in [7, 11) is 0. The molecule has 0 amide bonds. The lowest BCUT2D eigenvalue weighted by Crippen LogP contribution is -2.17. The number of anilines is 1. The van der Waals surface area contributed by atoms with E-state index < -0.39 is 40.7 Å². The number of fused-ring (bicyclic) bond motifs is 1. The Morgan fingerprint density at radius 3 is 2.19 bits per heavy atom. The van der Waals surface area contributed by atoms with E-state index in [1.165, 1.54) is 18.2 Å². The molecule has 2 heterocycles. The van der Waals surface area contributed by atoms with Crippen LogP contribution in [-0.4, -0.2) is 19.7 Å². The monoisotopic (exact) mass is 415 g/mol. The van der Waals surface area contributed by atoms with E-state index in [4.69, 9.17) is 28.9 Å². The minimum absolute atomic E-state index is 0.00599. The molecule has 13 heteroatoms. The van der Waals surface area contributed by atoms with Crippen LogP contribution in [0.4, 0.5) is 32.2 Å². The van der Waals surface area contributed by atoms with Gasteiger partial charge in [0.1, 0.15) is 5.82 Å². The van der Waals surface area contributed by atoms with Crippen molar-refractivity contribution < 1.29 is 26.3 Å². The maximum absolute atomic E-state index is 13.2. The van der Waals surface area contributed by atoms with Gasteiger partial charge in [0.2, 0.25) is 5.82 Å². The summed E-state index contributed by atoms with van der Waals surface area (Å²) in [5, 5.41) is 2.92. The van der Waals surface area contributed by atoms with Crippen LogP contribution in [0.1, 0.15) is 11.5 Å². The third kappa shape index (κ3) is 3.12. The maximum atomic E-state index is 13.2. The van der Waals surface area contributed by atoms with E-state index in [0.29, 0.717) is 0 Å². The van der Waals surface area contributed by atoms with E-state index in [1.807, 2.05) is 0 Å². The quantitative estimate of drug-likeness (QED) is 0.582. The first kappa shape index (κ1) is 18.5. The van der Waals surface area contributed by atoms with Crippen LogP contribution in [0.2, 0.25) is 10.0 Å². The Morgan fingerprint density at radius 2 is 1.62 bits per heavy atom. The van der Waals surface area contributed by atoms with Crippen molar-refractivity contribution in [2.75, 3.05) is 5.73 Å². The summed E-state index contributed by atoms with van der Waals surface area (Å²) in [6.45, 7) is 0. The third-order valence-electron chi connectivity index (χ3n) is 3.23. The Bertz CT molecular complexity index is 1010. The van der Waals surface area contributed by atoms with Crippen LogP contribution in [0, 0.1) is 0 Å². The molecule has 138 valence electrons. The van der Waals surface area contributed by atoms with E-state index in [2.05, 4.69) is 15.1 Å². The van der Waals surface area contributed by atoms with Gasteiger partial charge in [-0.25, -0.2) is 14.6 Å². The number of rotatable bonds is 1. The van der Waals surface area contributed by atoms with Crippen molar-refractivity contribution in [3.05, 3.63) is 39.8 Å². The minimum Gasteiger partial charge on any atom is -0.383 e. The highest BCUT2D eigenvalue weighted by atomic mass is 35.5. The lowest BCUT2D eigenvalue weighted by atomic mass is 10.2. The standard InChI is InChI=1S/C13H5Cl2F6N5/c14-4-1-2-5(15)6(3-4)26-9(22)7-8(12(16,17)18)23-11(13(19,20)21)24-10(7)25-26/h1-3H,22H2. The molecule has 3 rings (SSSR count). The predicted molar refractivity (Wildman–Crippen MR) is 81.1 cm³/mol. The van der Waals surface area contributed by atoms with Gasteiger partial charge in [0, 0.05) is 5.02 Å². The highest BCUT2D eigenvalue weighted by molar-refractivity contribution is 6.34. The van der Waals surface area contributed by atoms with Crippen molar-refractivity contribution in [1.29, 1.82) is 0 Å². The van der Waals surface area contributed by atoms with Crippen molar-refractivity contribution in [3.63, 3.8) is 0 Å². The summed E-state index contributed by atoms with van der Waals surface area (Å²) < 4.78 is 78.9. The van der Waals surface area contributed by atoms with E-state index in [-0.39, 0.29) is 15.7 Å². The summed E-state index contributed by atoms with van der Waals surface area (Å²) in [6.07, 6.45) is -10.4. The van der Waals surface area contributed by atoms with Gasteiger partial charge in [-0.15, -0.1) is 5.10 Å². The maximum Gasteiger partial charge on any atom is 0.451 e. The number of nitrogens with two attached hydrogens (primary N) is 1. The Balaban J connectivity index is 2.40. The van der Waals surface area contributed by atoms with Gasteiger partial charge in [-0.2, -0.15) is 26.3 Å². The predicted octanol–water partition coefficient (Wildman–Crippen LogP) is 4.74. The number of nitrogen functional groups attached to an aromatic ring is 1. The second-order valence-corrected chi connectivity index (χ2v) is 5.83. The molecule has 0 saturated heterocycles. The summed E-state index contributed by atoms with van der Waals surface area (Å²) in [4.78, 5) is 5.65. The highest BCUT2D eigenvalue weighted by Crippen LogP contribution is 2.39. The zero-order chi connectivity index (χ0) is 19.4. The van der Waals surface area contributed by atoms with E-state index in [1.54, 1.807) is 0 Å². The molecule has 0 radical (unpaired) electrons. The van der Waals surface area contributed by atoms with Crippen molar-refractivity contribution in [2.24, 2.45) is 0 Å². The van der Waals surface area contributed by atoms with Crippen LogP contribution in [-0.2, 0) is 12.4 Å². The number of nitrogens with zero attached hydrogens (tertiary/aromatic N) is 4. The first-order valence-electron chi connectivity index (χ1n) is 6.55. The van der Waals surface area contributed by atoms with Crippen LogP contribution >= 0.6 is 23.2 Å². The molecule has 26 heavy (non-hydrogen) atoms. The molecule has 0 spiro atoms. The highest BCUT2D eigenvalue weighted by Gasteiger charge is 2.43. The molecule has 0 aliphatic carbocycles. The molecule has 0 saturated carbocycles. The molecule has 0 aliphatic rings. The largest absolute Gasteiger partial charge is 0.451 e. The smallest absolute Gasteiger partial charge is 0.383 e. The molecule has 0 bridgehead atoms. The molecule has 5 nitrogen and oxygen atoms in total. The number of hydrogen-bond acceptors (Lipinski definition) is 4. The van der Waals surface area contributed by atoms with E-state index in [0.717, 1.165) is 4.68 Å². The fourth-order valence-electron chi connectivity index (χ4n) is 2.18. The van der Waals surface area contributed by atoms with Crippen molar-refractivity contribution in [1.82, 2.24) is 19.7 Å². The minimum atomic E-state index is -5.22. The first-order valence-corrected chi connectivity index (χ1v) is 7.31. The molecule has 2 N–H and O–H groups in total. The zero-order valence-electron chi connectivity index (χ0n) is 12.1. The lowest BCUT2D eigenvalue weighted by molar-refractivity contribution is -0.151. The van der Waals surface area contributed by atoms with Gasteiger partial charge in [0.15, 0.2) is 11.3 Å². The number of halogens is 8. The Kier molecular flexibility index (Phi) is 4.19. The Labute approximate surface area is 150 Å². The van der Waals surface area contributed by atoms with Gasteiger partial charge in [0.05, 0.1) is 16.1 Å². The Hall–Kier alpha value is -2.27. The summed E-state index contributed by atoms with van der Waals surface area (Å²) in [6, 6.07) is 3.95.